The fraction of sp³-hybridized carbons (Fsp3) is 0.263. The predicted octanol–water partition coefficient (Wildman–Crippen LogP) is 4.20. The molecule has 4 heteroatoms. The number of nitrogens with one attached hydrogen (secondary N) is 1. The summed E-state index contributed by atoms with van der Waals surface area (Å²) in [5.41, 5.74) is 2.76. The zero-order valence-electron chi connectivity index (χ0n) is 13.5. The lowest BCUT2D eigenvalue weighted by molar-refractivity contribution is 0.0499. The molecule has 0 radical (unpaired) electrons. The van der Waals surface area contributed by atoms with Crippen LogP contribution >= 0.6 is 0 Å². The number of hydrogen-bond acceptors (Lipinski definition) is 3. The van der Waals surface area contributed by atoms with E-state index in [0.29, 0.717) is 23.4 Å². The Kier molecular flexibility index (Phi) is 5.92. The van der Waals surface area contributed by atoms with Crippen molar-refractivity contribution in [1.29, 1.82) is 0 Å². The summed E-state index contributed by atoms with van der Waals surface area (Å²) in [6, 6.07) is 14.1. The summed E-state index contributed by atoms with van der Waals surface area (Å²) in [6.07, 6.45) is 1.84. The van der Waals surface area contributed by atoms with Gasteiger partial charge in [0, 0.05) is 11.3 Å². The second kappa shape index (κ2) is 8.13. The number of rotatable bonds is 6. The van der Waals surface area contributed by atoms with E-state index in [9.17, 15) is 9.59 Å². The fourth-order valence-electron chi connectivity index (χ4n) is 2.07. The van der Waals surface area contributed by atoms with Crippen LogP contribution in [0.5, 0.6) is 0 Å². The summed E-state index contributed by atoms with van der Waals surface area (Å²) in [5.74, 6) is -0.512. The second-order valence-corrected chi connectivity index (χ2v) is 5.39. The molecule has 0 aliphatic rings. The number of hydrogen-bond donors (Lipinski definition) is 1. The molecule has 1 amide bonds. The third-order valence-electron chi connectivity index (χ3n) is 3.39. The first-order chi connectivity index (χ1) is 11.1. The number of amides is 1. The Morgan fingerprint density at radius 3 is 2.43 bits per heavy atom. The average molecular weight is 311 g/mol. The summed E-state index contributed by atoms with van der Waals surface area (Å²) in [7, 11) is 0. The van der Waals surface area contributed by atoms with Gasteiger partial charge in [0.1, 0.15) is 0 Å². The molecule has 120 valence electrons. The summed E-state index contributed by atoms with van der Waals surface area (Å²) in [4.78, 5) is 24.0. The molecule has 2 aromatic carbocycles. The normalized spacial score (nSPS) is 10.2. The van der Waals surface area contributed by atoms with Crippen LogP contribution in [0.1, 0.15) is 46.0 Å². The molecule has 23 heavy (non-hydrogen) atoms. The number of ether oxygens (including phenoxy) is 1. The average Bonchev–Trinajstić information content (AvgIpc) is 2.55. The molecule has 0 spiro atoms. The van der Waals surface area contributed by atoms with Crippen LogP contribution in [0.15, 0.2) is 48.5 Å². The van der Waals surface area contributed by atoms with Gasteiger partial charge in [0.2, 0.25) is 0 Å². The zero-order chi connectivity index (χ0) is 16.7. The van der Waals surface area contributed by atoms with Gasteiger partial charge in [-0.1, -0.05) is 31.0 Å². The van der Waals surface area contributed by atoms with Gasteiger partial charge in [0.05, 0.1) is 12.2 Å². The van der Waals surface area contributed by atoms with E-state index in [-0.39, 0.29) is 11.9 Å². The van der Waals surface area contributed by atoms with Crippen LogP contribution in [0.4, 0.5) is 5.69 Å². The van der Waals surface area contributed by atoms with E-state index < -0.39 is 0 Å². The highest BCUT2D eigenvalue weighted by Crippen LogP contribution is 2.13. The first-order valence-corrected chi connectivity index (χ1v) is 7.75. The standard InChI is InChI=1S/C19H21NO3/c1-3-4-12-23-19(22)15-8-10-17(11-9-15)20-18(21)16-7-5-6-14(2)13-16/h5-11,13H,3-4,12H2,1-2H3,(H,20,21). The van der Waals surface area contributed by atoms with Crippen molar-refractivity contribution in [3.63, 3.8) is 0 Å². The number of esters is 1. The van der Waals surface area contributed by atoms with Gasteiger partial charge in [-0.15, -0.1) is 0 Å². The molecule has 0 bridgehead atoms. The third-order valence-corrected chi connectivity index (χ3v) is 3.39. The van der Waals surface area contributed by atoms with Crippen LogP contribution in [0.3, 0.4) is 0 Å². The highest BCUT2D eigenvalue weighted by Gasteiger charge is 2.09. The second-order valence-electron chi connectivity index (χ2n) is 5.39. The zero-order valence-corrected chi connectivity index (χ0v) is 13.5. The van der Waals surface area contributed by atoms with Gasteiger partial charge >= 0.3 is 5.97 Å². The van der Waals surface area contributed by atoms with Crippen LogP contribution in [-0.4, -0.2) is 18.5 Å². The molecular weight excluding hydrogens is 290 g/mol. The van der Waals surface area contributed by atoms with Gasteiger partial charge in [0.15, 0.2) is 0 Å². The van der Waals surface area contributed by atoms with Crippen molar-refractivity contribution in [3.05, 3.63) is 65.2 Å². The van der Waals surface area contributed by atoms with Gasteiger partial charge < -0.3 is 10.1 Å². The van der Waals surface area contributed by atoms with Gasteiger partial charge in [-0.25, -0.2) is 4.79 Å². The molecule has 1 N–H and O–H groups in total. The van der Waals surface area contributed by atoms with Crippen molar-refractivity contribution < 1.29 is 14.3 Å². The van der Waals surface area contributed by atoms with E-state index in [1.54, 1.807) is 30.3 Å². The molecule has 4 nitrogen and oxygen atoms in total. The molecular formula is C19H21NO3. The monoisotopic (exact) mass is 311 g/mol. The van der Waals surface area contributed by atoms with Gasteiger partial charge in [-0.3, -0.25) is 4.79 Å². The molecule has 2 rings (SSSR count). The van der Waals surface area contributed by atoms with E-state index in [1.807, 2.05) is 32.0 Å². The van der Waals surface area contributed by atoms with Crippen molar-refractivity contribution in [1.82, 2.24) is 0 Å². The highest BCUT2D eigenvalue weighted by atomic mass is 16.5. The fourth-order valence-corrected chi connectivity index (χ4v) is 2.07. The summed E-state index contributed by atoms with van der Waals surface area (Å²) >= 11 is 0. The molecule has 0 saturated heterocycles. The Morgan fingerprint density at radius 1 is 1.04 bits per heavy atom. The van der Waals surface area contributed by atoms with Crippen molar-refractivity contribution in [2.75, 3.05) is 11.9 Å². The molecule has 0 aliphatic carbocycles. The minimum absolute atomic E-state index is 0.174. The molecule has 0 saturated carbocycles. The SMILES string of the molecule is CCCCOC(=O)c1ccc(NC(=O)c2cccc(C)c2)cc1. The van der Waals surface area contributed by atoms with E-state index in [1.165, 1.54) is 0 Å². The minimum Gasteiger partial charge on any atom is -0.462 e. The quantitative estimate of drug-likeness (QED) is 0.642. The molecule has 0 aromatic heterocycles. The first kappa shape index (κ1) is 16.7. The van der Waals surface area contributed by atoms with Crippen molar-refractivity contribution in [2.24, 2.45) is 0 Å². The molecule has 0 heterocycles. The van der Waals surface area contributed by atoms with E-state index in [4.69, 9.17) is 4.74 Å². The lowest BCUT2D eigenvalue weighted by Gasteiger charge is -2.07. The number of carbonyl (C=O) groups excluding carboxylic acids is 2. The topological polar surface area (TPSA) is 55.4 Å². The largest absolute Gasteiger partial charge is 0.462 e. The maximum absolute atomic E-state index is 12.2. The van der Waals surface area contributed by atoms with E-state index in [0.717, 1.165) is 18.4 Å². The maximum atomic E-state index is 12.2. The molecule has 0 aliphatic heterocycles. The van der Waals surface area contributed by atoms with E-state index in [2.05, 4.69) is 5.32 Å². The highest BCUT2D eigenvalue weighted by molar-refractivity contribution is 6.04. The summed E-state index contributed by atoms with van der Waals surface area (Å²) in [5, 5.41) is 2.81. The number of anilines is 1. The molecule has 0 unspecified atom stereocenters. The van der Waals surface area contributed by atoms with Gasteiger partial charge in [0.25, 0.3) is 5.91 Å². The van der Waals surface area contributed by atoms with Crippen LogP contribution in [0.25, 0.3) is 0 Å². The van der Waals surface area contributed by atoms with Crippen LogP contribution in [0.2, 0.25) is 0 Å². The molecule has 0 fully saturated rings. The van der Waals surface area contributed by atoms with Crippen LogP contribution in [0, 0.1) is 6.92 Å². The maximum Gasteiger partial charge on any atom is 0.338 e. The van der Waals surface area contributed by atoms with E-state index >= 15 is 0 Å². The summed E-state index contributed by atoms with van der Waals surface area (Å²) < 4.78 is 5.15. The Labute approximate surface area is 136 Å². The van der Waals surface area contributed by atoms with Crippen molar-refractivity contribution in [2.45, 2.75) is 26.7 Å². The lowest BCUT2D eigenvalue weighted by Crippen LogP contribution is -2.12. The Hall–Kier alpha value is -2.62. The minimum atomic E-state index is -0.338. The smallest absolute Gasteiger partial charge is 0.338 e. The molecule has 0 atom stereocenters. The third kappa shape index (κ3) is 4.95. The van der Waals surface area contributed by atoms with Crippen LogP contribution < -0.4 is 5.32 Å². The van der Waals surface area contributed by atoms with Crippen LogP contribution in [-0.2, 0) is 4.74 Å². The number of carbonyl (C=O) groups is 2. The Bertz CT molecular complexity index is 677. The Balaban J connectivity index is 1.97. The van der Waals surface area contributed by atoms with Gasteiger partial charge in [-0.2, -0.15) is 0 Å². The lowest BCUT2D eigenvalue weighted by atomic mass is 10.1. The van der Waals surface area contributed by atoms with Crippen molar-refractivity contribution in [3.8, 4) is 0 Å². The van der Waals surface area contributed by atoms with Crippen molar-refractivity contribution >= 4 is 17.6 Å². The number of aryl methyl sites for hydroxylation is 1. The first-order valence-electron chi connectivity index (χ1n) is 7.75. The molecule has 2 aromatic rings. The number of benzene rings is 2. The van der Waals surface area contributed by atoms with Gasteiger partial charge in [-0.05, 0) is 49.7 Å². The Morgan fingerprint density at radius 2 is 1.78 bits per heavy atom. The predicted molar refractivity (Wildman–Crippen MR) is 90.8 cm³/mol. The number of unbranched alkanes of at least 4 members (excludes halogenated alkanes) is 1. The summed E-state index contributed by atoms with van der Waals surface area (Å²) in [6.45, 7) is 4.41.